The summed E-state index contributed by atoms with van der Waals surface area (Å²) in [7, 11) is 1.55. The summed E-state index contributed by atoms with van der Waals surface area (Å²) in [5.41, 5.74) is 4.36. The number of ether oxygens (including phenoxy) is 2. The predicted octanol–water partition coefficient (Wildman–Crippen LogP) is 2.87. The highest BCUT2D eigenvalue weighted by Gasteiger charge is 2.30. The van der Waals surface area contributed by atoms with Crippen molar-refractivity contribution < 1.29 is 29.0 Å². The van der Waals surface area contributed by atoms with Crippen LogP contribution in [-0.4, -0.2) is 67.4 Å². The number of hydrogen-bond donors (Lipinski definition) is 2. The van der Waals surface area contributed by atoms with E-state index in [4.69, 9.17) is 21.0 Å². The van der Waals surface area contributed by atoms with Crippen LogP contribution in [0.15, 0.2) is 48.5 Å². The van der Waals surface area contributed by atoms with Crippen LogP contribution in [0.3, 0.4) is 0 Å². The van der Waals surface area contributed by atoms with Gasteiger partial charge in [-0.25, -0.2) is 4.79 Å². The molecule has 0 bridgehead atoms. The number of likely N-dealkylation sites (N-methyl/N-ethyl adjacent to an activating group) is 1. The molecule has 2 aromatic rings. The monoisotopic (exact) mass is 464 g/mol. The van der Waals surface area contributed by atoms with Gasteiger partial charge in [0.2, 0.25) is 5.91 Å². The summed E-state index contributed by atoms with van der Waals surface area (Å²) in [6.07, 6.45) is 4.02. The molecule has 2 N–H and O–H groups in total. The second kappa shape index (κ2) is 11.9. The number of carbonyl (C=O) groups excluding carboxylic acids is 2. The lowest BCUT2D eigenvalue weighted by Gasteiger charge is -2.24. The van der Waals surface area contributed by atoms with E-state index in [1.54, 1.807) is 7.05 Å². The fraction of sp³-hybridized carbons (Fsp3) is 0.346. The minimum Gasteiger partial charge on any atom is -0.481 e. The molecule has 2 aromatic carbocycles. The molecule has 0 saturated carbocycles. The zero-order valence-corrected chi connectivity index (χ0v) is 19.0. The average molecular weight is 465 g/mol. The van der Waals surface area contributed by atoms with Crippen LogP contribution in [0.2, 0.25) is 0 Å². The largest absolute Gasteiger partial charge is 0.481 e. The van der Waals surface area contributed by atoms with E-state index in [0.29, 0.717) is 0 Å². The molecule has 0 aromatic heterocycles. The Morgan fingerprint density at radius 3 is 2.32 bits per heavy atom. The summed E-state index contributed by atoms with van der Waals surface area (Å²) < 4.78 is 10.7. The Morgan fingerprint density at radius 1 is 1.12 bits per heavy atom. The van der Waals surface area contributed by atoms with Gasteiger partial charge in [-0.15, -0.1) is 6.42 Å². The van der Waals surface area contributed by atoms with E-state index in [2.05, 4.69) is 11.2 Å². The summed E-state index contributed by atoms with van der Waals surface area (Å²) in [6, 6.07) is 14.9. The lowest BCUT2D eigenvalue weighted by atomic mass is 9.98. The first-order chi connectivity index (χ1) is 16.4. The first-order valence-electron chi connectivity index (χ1n) is 11.0. The minimum absolute atomic E-state index is 0.0616. The van der Waals surface area contributed by atoms with Gasteiger partial charge >= 0.3 is 12.1 Å². The number of amides is 2. The minimum atomic E-state index is -1.06. The zero-order valence-electron chi connectivity index (χ0n) is 19.0. The van der Waals surface area contributed by atoms with Crippen molar-refractivity contribution in [1.82, 2.24) is 10.2 Å². The zero-order chi connectivity index (χ0) is 24.5. The van der Waals surface area contributed by atoms with E-state index in [1.807, 2.05) is 48.5 Å². The standard InChI is InChI=1S/C26H28N2O6/c1-3-15-33-16-14-28(2)25(31)23(12-13-24(29)30)27-26(32)34-17-22-20-10-6-4-8-18(20)19-9-5-7-11-21(19)22/h1,4-11,22-23H,12-17H2,2H3,(H,27,32)(H,29,30). The molecule has 2 amide bonds. The number of hydrogen-bond acceptors (Lipinski definition) is 5. The van der Waals surface area contributed by atoms with Gasteiger partial charge in [0.25, 0.3) is 0 Å². The third-order valence-corrected chi connectivity index (χ3v) is 5.71. The molecule has 1 atom stereocenters. The Labute approximate surface area is 198 Å². The van der Waals surface area contributed by atoms with Gasteiger partial charge in [0, 0.05) is 25.9 Å². The fourth-order valence-corrected chi connectivity index (χ4v) is 4.02. The maximum Gasteiger partial charge on any atom is 0.407 e. The number of carboxylic acid groups (broad SMARTS) is 1. The maximum atomic E-state index is 12.8. The second-order valence-electron chi connectivity index (χ2n) is 7.97. The Balaban J connectivity index is 1.62. The van der Waals surface area contributed by atoms with Crippen molar-refractivity contribution in [3.8, 4) is 23.5 Å². The van der Waals surface area contributed by atoms with Crippen LogP contribution >= 0.6 is 0 Å². The molecule has 0 aliphatic heterocycles. The van der Waals surface area contributed by atoms with Gasteiger partial charge in [0.15, 0.2) is 0 Å². The number of terminal acetylenes is 1. The van der Waals surface area contributed by atoms with Gasteiger partial charge < -0.3 is 24.8 Å². The van der Waals surface area contributed by atoms with Crippen LogP contribution in [0.4, 0.5) is 4.79 Å². The summed E-state index contributed by atoms with van der Waals surface area (Å²) in [5.74, 6) is 0.720. The van der Waals surface area contributed by atoms with Crippen molar-refractivity contribution in [2.24, 2.45) is 0 Å². The number of nitrogens with zero attached hydrogens (tertiary/aromatic N) is 1. The smallest absolute Gasteiger partial charge is 0.407 e. The lowest BCUT2D eigenvalue weighted by Crippen LogP contribution is -2.48. The molecule has 0 fully saturated rings. The number of fused-ring (bicyclic) bond motifs is 3. The highest BCUT2D eigenvalue weighted by Crippen LogP contribution is 2.44. The second-order valence-corrected chi connectivity index (χ2v) is 7.97. The molecular formula is C26H28N2O6. The molecule has 8 heteroatoms. The lowest BCUT2D eigenvalue weighted by molar-refractivity contribution is -0.138. The van der Waals surface area contributed by atoms with Crippen molar-refractivity contribution in [2.75, 3.05) is 33.4 Å². The Bertz CT molecular complexity index is 1030. The van der Waals surface area contributed by atoms with E-state index < -0.39 is 24.0 Å². The molecule has 0 radical (unpaired) electrons. The molecular weight excluding hydrogens is 436 g/mol. The molecule has 0 heterocycles. The Morgan fingerprint density at radius 2 is 1.74 bits per heavy atom. The molecule has 1 aliphatic carbocycles. The van der Waals surface area contributed by atoms with Crippen molar-refractivity contribution in [3.63, 3.8) is 0 Å². The van der Waals surface area contributed by atoms with Crippen molar-refractivity contribution in [1.29, 1.82) is 0 Å². The van der Waals surface area contributed by atoms with Crippen molar-refractivity contribution in [2.45, 2.75) is 24.8 Å². The van der Waals surface area contributed by atoms with Crippen LogP contribution in [0, 0.1) is 12.3 Å². The highest BCUT2D eigenvalue weighted by atomic mass is 16.5. The summed E-state index contributed by atoms with van der Waals surface area (Å²) in [5, 5.41) is 11.6. The van der Waals surface area contributed by atoms with E-state index in [-0.39, 0.29) is 45.1 Å². The number of rotatable bonds is 11. The van der Waals surface area contributed by atoms with E-state index >= 15 is 0 Å². The van der Waals surface area contributed by atoms with Crippen LogP contribution in [-0.2, 0) is 19.1 Å². The average Bonchev–Trinajstić information content (AvgIpc) is 3.16. The summed E-state index contributed by atoms with van der Waals surface area (Å²) in [6.45, 7) is 0.692. The number of alkyl carbamates (subject to hydrolysis) is 1. The van der Waals surface area contributed by atoms with E-state index in [0.717, 1.165) is 22.3 Å². The first-order valence-corrected chi connectivity index (χ1v) is 11.0. The predicted molar refractivity (Wildman–Crippen MR) is 126 cm³/mol. The third kappa shape index (κ3) is 6.15. The number of carboxylic acids is 1. The normalized spacial score (nSPS) is 12.7. The van der Waals surface area contributed by atoms with E-state index in [1.165, 1.54) is 4.90 Å². The molecule has 0 spiro atoms. The van der Waals surface area contributed by atoms with E-state index in [9.17, 15) is 14.4 Å². The van der Waals surface area contributed by atoms with Crippen molar-refractivity contribution >= 4 is 18.0 Å². The SMILES string of the molecule is C#CCOCCN(C)C(=O)C(CCC(=O)O)NC(=O)OCC1c2ccccc2-c2ccccc21. The van der Waals surface area contributed by atoms with Gasteiger partial charge in [-0.05, 0) is 28.7 Å². The Hall–Kier alpha value is -3.83. The van der Waals surface area contributed by atoms with Gasteiger partial charge in [-0.2, -0.15) is 0 Å². The maximum absolute atomic E-state index is 12.8. The molecule has 8 nitrogen and oxygen atoms in total. The number of carbonyl (C=O) groups is 3. The number of aliphatic carboxylic acids is 1. The molecule has 34 heavy (non-hydrogen) atoms. The molecule has 0 saturated heterocycles. The number of benzene rings is 2. The van der Waals surface area contributed by atoms with Crippen LogP contribution in [0.5, 0.6) is 0 Å². The van der Waals surface area contributed by atoms with Crippen LogP contribution < -0.4 is 5.32 Å². The molecule has 1 unspecified atom stereocenters. The van der Waals surface area contributed by atoms with Gasteiger partial charge in [0.05, 0.1) is 6.61 Å². The molecule has 1 aliphatic rings. The van der Waals surface area contributed by atoms with Crippen molar-refractivity contribution in [3.05, 3.63) is 59.7 Å². The number of nitrogens with one attached hydrogen (secondary N) is 1. The molecule has 178 valence electrons. The van der Waals surface area contributed by atoms with Gasteiger partial charge in [-0.3, -0.25) is 9.59 Å². The third-order valence-electron chi connectivity index (χ3n) is 5.71. The fourth-order valence-electron chi connectivity index (χ4n) is 4.02. The van der Waals surface area contributed by atoms with Gasteiger partial charge in [-0.1, -0.05) is 54.5 Å². The van der Waals surface area contributed by atoms with Crippen LogP contribution in [0.25, 0.3) is 11.1 Å². The van der Waals surface area contributed by atoms with Crippen LogP contribution in [0.1, 0.15) is 29.9 Å². The summed E-state index contributed by atoms with van der Waals surface area (Å²) in [4.78, 5) is 37.8. The Kier molecular flexibility index (Phi) is 8.66. The topological polar surface area (TPSA) is 105 Å². The summed E-state index contributed by atoms with van der Waals surface area (Å²) >= 11 is 0. The highest BCUT2D eigenvalue weighted by molar-refractivity contribution is 5.86. The quantitative estimate of drug-likeness (QED) is 0.391. The first kappa shape index (κ1) is 24.8. The van der Waals surface area contributed by atoms with Gasteiger partial charge in [0.1, 0.15) is 19.3 Å². The molecule has 3 rings (SSSR count).